The summed E-state index contributed by atoms with van der Waals surface area (Å²) in [6, 6.07) is 18.2. The summed E-state index contributed by atoms with van der Waals surface area (Å²) < 4.78 is 0. The van der Waals surface area contributed by atoms with Gasteiger partial charge in [0.05, 0.1) is 11.2 Å². The number of hydrogen-bond donors (Lipinski definition) is 3. The second kappa shape index (κ2) is 6.05. The molecule has 0 saturated heterocycles. The minimum atomic E-state index is 0.205. The number of phenolic OH excluding ortho intramolecular Hbond substituents is 1. The highest BCUT2D eigenvalue weighted by Crippen LogP contribution is 2.19. The van der Waals surface area contributed by atoms with Crippen LogP contribution in [0.3, 0.4) is 0 Å². The SMILES string of the molecule is N=N/C(=C\Nc1ccc(O)cc1)c1ccc2ccccc2n1. The van der Waals surface area contributed by atoms with Gasteiger partial charge in [0.25, 0.3) is 0 Å². The predicted molar refractivity (Wildman–Crippen MR) is 86.6 cm³/mol. The fourth-order valence-electron chi connectivity index (χ4n) is 2.08. The van der Waals surface area contributed by atoms with Crippen LogP contribution in [0.4, 0.5) is 5.69 Å². The topological polar surface area (TPSA) is 81.4 Å². The van der Waals surface area contributed by atoms with E-state index in [9.17, 15) is 5.11 Å². The zero-order chi connectivity index (χ0) is 15.4. The molecule has 1 heterocycles. The minimum Gasteiger partial charge on any atom is -0.508 e. The molecular formula is C17H14N4O. The van der Waals surface area contributed by atoms with Crippen LogP contribution in [0, 0.1) is 5.53 Å². The number of fused-ring (bicyclic) bond motifs is 1. The molecule has 0 aliphatic carbocycles. The molecule has 0 saturated carbocycles. The molecule has 22 heavy (non-hydrogen) atoms. The highest BCUT2D eigenvalue weighted by atomic mass is 16.3. The molecule has 3 rings (SSSR count). The summed E-state index contributed by atoms with van der Waals surface area (Å²) in [5, 5.41) is 16.9. The lowest BCUT2D eigenvalue weighted by Crippen LogP contribution is -1.93. The van der Waals surface area contributed by atoms with E-state index in [2.05, 4.69) is 15.4 Å². The average Bonchev–Trinajstić information content (AvgIpc) is 2.57. The van der Waals surface area contributed by atoms with Crippen molar-refractivity contribution in [3.8, 4) is 5.75 Å². The maximum absolute atomic E-state index is 9.26. The van der Waals surface area contributed by atoms with Gasteiger partial charge in [0, 0.05) is 17.3 Å². The van der Waals surface area contributed by atoms with E-state index >= 15 is 0 Å². The molecule has 0 aliphatic rings. The Morgan fingerprint density at radius 2 is 1.82 bits per heavy atom. The van der Waals surface area contributed by atoms with Crippen LogP contribution in [0.2, 0.25) is 0 Å². The fraction of sp³-hybridized carbons (Fsp3) is 0. The van der Waals surface area contributed by atoms with Gasteiger partial charge in [0.15, 0.2) is 0 Å². The lowest BCUT2D eigenvalue weighted by Gasteiger charge is -2.05. The zero-order valence-electron chi connectivity index (χ0n) is 11.7. The third-order valence-electron chi connectivity index (χ3n) is 3.22. The first-order valence-corrected chi connectivity index (χ1v) is 6.75. The molecule has 3 N–H and O–H groups in total. The Labute approximate surface area is 127 Å². The van der Waals surface area contributed by atoms with E-state index < -0.39 is 0 Å². The van der Waals surface area contributed by atoms with Crippen molar-refractivity contribution < 1.29 is 5.11 Å². The van der Waals surface area contributed by atoms with E-state index in [0.717, 1.165) is 16.6 Å². The van der Waals surface area contributed by atoms with Gasteiger partial charge in [-0.25, -0.2) is 10.5 Å². The molecule has 0 spiro atoms. The Kier molecular flexibility index (Phi) is 3.78. The van der Waals surface area contributed by atoms with Crippen LogP contribution in [0.1, 0.15) is 5.69 Å². The van der Waals surface area contributed by atoms with Crippen LogP contribution in [0.25, 0.3) is 16.6 Å². The average molecular weight is 290 g/mol. The lowest BCUT2D eigenvalue weighted by molar-refractivity contribution is 0.475. The van der Waals surface area contributed by atoms with Crippen LogP contribution in [0.15, 0.2) is 72.0 Å². The smallest absolute Gasteiger partial charge is 0.127 e. The molecule has 108 valence electrons. The second-order valence-electron chi connectivity index (χ2n) is 4.72. The number of hydrogen-bond acceptors (Lipinski definition) is 5. The first kappa shape index (κ1) is 13.8. The molecule has 5 nitrogen and oxygen atoms in total. The summed E-state index contributed by atoms with van der Waals surface area (Å²) >= 11 is 0. The Balaban J connectivity index is 1.89. The summed E-state index contributed by atoms with van der Waals surface area (Å²) in [7, 11) is 0. The summed E-state index contributed by atoms with van der Waals surface area (Å²) in [5.74, 6) is 0.205. The number of anilines is 1. The van der Waals surface area contributed by atoms with Crippen LogP contribution >= 0.6 is 0 Å². The summed E-state index contributed by atoms with van der Waals surface area (Å²) in [6.07, 6.45) is 1.62. The first-order valence-electron chi connectivity index (χ1n) is 6.75. The molecule has 5 heteroatoms. The number of aromatic hydroxyl groups is 1. The number of phenols is 1. The highest BCUT2D eigenvalue weighted by molar-refractivity contribution is 5.80. The summed E-state index contributed by atoms with van der Waals surface area (Å²) in [4.78, 5) is 4.51. The lowest BCUT2D eigenvalue weighted by atomic mass is 10.2. The number of para-hydroxylation sites is 1. The largest absolute Gasteiger partial charge is 0.508 e. The van der Waals surface area contributed by atoms with Gasteiger partial charge in [0.2, 0.25) is 0 Å². The van der Waals surface area contributed by atoms with Crippen LogP contribution in [-0.2, 0) is 0 Å². The Bertz CT molecular complexity index is 841. The standard InChI is InChI=1S/C17H14N4O/c18-21-17(11-19-13-6-8-14(22)9-7-13)16-10-5-12-3-1-2-4-15(12)20-16/h1-11,18-19,22H/b17-11-,21-18?. The van der Waals surface area contributed by atoms with Gasteiger partial charge >= 0.3 is 0 Å². The molecular weight excluding hydrogens is 276 g/mol. The van der Waals surface area contributed by atoms with Gasteiger partial charge < -0.3 is 10.4 Å². The monoisotopic (exact) mass is 290 g/mol. The van der Waals surface area contributed by atoms with E-state index in [-0.39, 0.29) is 5.75 Å². The van der Waals surface area contributed by atoms with Crippen molar-refractivity contribution >= 4 is 22.3 Å². The number of rotatable bonds is 4. The molecule has 0 fully saturated rings. The van der Waals surface area contributed by atoms with Crippen molar-refractivity contribution in [3.05, 3.63) is 72.6 Å². The van der Waals surface area contributed by atoms with E-state index in [1.807, 2.05) is 36.4 Å². The van der Waals surface area contributed by atoms with Crippen molar-refractivity contribution in [1.29, 1.82) is 5.53 Å². The molecule has 0 radical (unpaired) electrons. The maximum atomic E-state index is 9.26. The van der Waals surface area contributed by atoms with Crippen molar-refractivity contribution in [2.24, 2.45) is 5.11 Å². The molecule has 0 atom stereocenters. The number of pyridine rings is 1. The van der Waals surface area contributed by atoms with Crippen molar-refractivity contribution in [3.63, 3.8) is 0 Å². The van der Waals surface area contributed by atoms with Crippen LogP contribution < -0.4 is 5.32 Å². The number of nitrogens with zero attached hydrogens (tertiary/aromatic N) is 2. The predicted octanol–water partition coefficient (Wildman–Crippen LogP) is 4.38. The maximum Gasteiger partial charge on any atom is 0.127 e. The number of nitrogens with one attached hydrogen (secondary N) is 2. The van der Waals surface area contributed by atoms with Crippen LogP contribution in [-0.4, -0.2) is 10.1 Å². The third kappa shape index (κ3) is 2.93. The summed E-state index contributed by atoms with van der Waals surface area (Å²) in [5.41, 5.74) is 10.0. The van der Waals surface area contributed by atoms with Gasteiger partial charge in [-0.15, -0.1) is 0 Å². The van der Waals surface area contributed by atoms with Gasteiger partial charge in [-0.1, -0.05) is 24.3 Å². The van der Waals surface area contributed by atoms with E-state index in [1.165, 1.54) is 0 Å². The molecule has 3 aromatic rings. The van der Waals surface area contributed by atoms with Gasteiger partial charge in [-0.2, -0.15) is 5.11 Å². The molecule has 0 aliphatic heterocycles. The van der Waals surface area contributed by atoms with Gasteiger partial charge in [-0.05, 0) is 36.4 Å². The van der Waals surface area contributed by atoms with E-state index in [0.29, 0.717) is 11.4 Å². The van der Waals surface area contributed by atoms with Crippen molar-refractivity contribution in [1.82, 2.24) is 4.98 Å². The Morgan fingerprint density at radius 3 is 2.59 bits per heavy atom. The van der Waals surface area contributed by atoms with E-state index in [4.69, 9.17) is 5.53 Å². The normalized spacial score (nSPS) is 11.4. The highest BCUT2D eigenvalue weighted by Gasteiger charge is 2.03. The molecule has 1 aromatic heterocycles. The second-order valence-corrected chi connectivity index (χ2v) is 4.72. The van der Waals surface area contributed by atoms with Crippen molar-refractivity contribution in [2.45, 2.75) is 0 Å². The Hall–Kier alpha value is -3.21. The van der Waals surface area contributed by atoms with Gasteiger partial charge in [-0.3, -0.25) is 0 Å². The zero-order valence-corrected chi connectivity index (χ0v) is 11.7. The van der Waals surface area contributed by atoms with Gasteiger partial charge in [0.1, 0.15) is 11.4 Å². The Morgan fingerprint density at radius 1 is 1.05 bits per heavy atom. The third-order valence-corrected chi connectivity index (χ3v) is 3.22. The number of aromatic nitrogens is 1. The summed E-state index contributed by atoms with van der Waals surface area (Å²) in [6.45, 7) is 0. The minimum absolute atomic E-state index is 0.205. The van der Waals surface area contributed by atoms with E-state index in [1.54, 1.807) is 30.5 Å². The first-order chi connectivity index (χ1) is 10.8. The molecule has 2 aromatic carbocycles. The number of benzene rings is 2. The molecule has 0 unspecified atom stereocenters. The molecule has 0 bridgehead atoms. The fourth-order valence-corrected chi connectivity index (χ4v) is 2.08. The quantitative estimate of drug-likeness (QED) is 0.492. The molecule has 0 amide bonds. The van der Waals surface area contributed by atoms with Crippen molar-refractivity contribution in [2.75, 3.05) is 5.32 Å². The van der Waals surface area contributed by atoms with Crippen LogP contribution in [0.5, 0.6) is 5.75 Å².